The third kappa shape index (κ3) is 6.42. The minimum absolute atomic E-state index is 0.0260. The fraction of sp³-hybridized carbons (Fsp3) is 0.500. The van der Waals surface area contributed by atoms with Gasteiger partial charge in [-0.15, -0.1) is 0 Å². The van der Waals surface area contributed by atoms with E-state index in [0.29, 0.717) is 35.5 Å². The largest absolute Gasteiger partial charge is 0.462 e. The molecule has 0 radical (unpaired) electrons. The first-order valence-electron chi connectivity index (χ1n) is 9.58. The molecule has 1 aromatic carbocycles. The summed E-state index contributed by atoms with van der Waals surface area (Å²) in [4.78, 5) is 35.3. The van der Waals surface area contributed by atoms with E-state index in [1.807, 2.05) is 13.8 Å². The highest BCUT2D eigenvalue weighted by atomic mass is 16.6. The monoisotopic (exact) mass is 404 g/mol. The van der Waals surface area contributed by atoms with Gasteiger partial charge in [-0.3, -0.25) is 9.59 Å². The molecule has 1 heterocycles. The number of benzene rings is 1. The Hall–Kier alpha value is -2.67. The molecule has 0 aliphatic carbocycles. The molecule has 0 N–H and O–H groups in total. The van der Waals surface area contributed by atoms with Crippen molar-refractivity contribution < 1.29 is 33.3 Å². The molecular weight excluding hydrogens is 376 g/mol. The number of epoxide rings is 1. The van der Waals surface area contributed by atoms with Crippen molar-refractivity contribution in [3.8, 4) is 5.75 Å². The van der Waals surface area contributed by atoms with Crippen molar-refractivity contribution >= 4 is 17.9 Å². The highest BCUT2D eigenvalue weighted by Gasteiger charge is 2.50. The first-order valence-corrected chi connectivity index (χ1v) is 9.58. The molecule has 158 valence electrons. The zero-order valence-corrected chi connectivity index (χ0v) is 17.6. The van der Waals surface area contributed by atoms with Crippen molar-refractivity contribution in [1.82, 2.24) is 0 Å². The van der Waals surface area contributed by atoms with Gasteiger partial charge in [0.25, 0.3) is 0 Å². The lowest BCUT2D eigenvalue weighted by Crippen LogP contribution is -2.21. The van der Waals surface area contributed by atoms with Crippen LogP contribution in [-0.2, 0) is 40.8 Å². The van der Waals surface area contributed by atoms with Crippen LogP contribution in [-0.4, -0.2) is 31.1 Å². The maximum absolute atomic E-state index is 12.3. The Kier molecular flexibility index (Phi) is 7.56. The summed E-state index contributed by atoms with van der Waals surface area (Å²) in [5, 5.41) is 0. The van der Waals surface area contributed by atoms with Crippen molar-refractivity contribution in [2.45, 2.75) is 53.2 Å². The van der Waals surface area contributed by atoms with Gasteiger partial charge in [-0.05, 0) is 31.4 Å². The smallest absolute Gasteiger partial charge is 0.338 e. The summed E-state index contributed by atoms with van der Waals surface area (Å²) in [6, 6.07) is 5.17. The second kappa shape index (κ2) is 9.69. The van der Waals surface area contributed by atoms with Crippen LogP contribution in [0.25, 0.3) is 0 Å². The molecular formula is C22H28O7. The van der Waals surface area contributed by atoms with Crippen LogP contribution in [0.5, 0.6) is 5.75 Å². The van der Waals surface area contributed by atoms with E-state index < -0.39 is 17.5 Å². The number of carbonyl (C=O) groups excluding carboxylic acids is 3. The summed E-state index contributed by atoms with van der Waals surface area (Å²) in [6.07, 6.45) is 1.99. The number of hydrogen-bond donors (Lipinski definition) is 0. The number of allylic oxidation sites excluding steroid dienone is 1. The second-order valence-corrected chi connectivity index (χ2v) is 7.51. The Labute approximate surface area is 171 Å². The minimum atomic E-state index is -0.835. The van der Waals surface area contributed by atoms with E-state index in [1.54, 1.807) is 38.1 Å². The van der Waals surface area contributed by atoms with Gasteiger partial charge in [0.15, 0.2) is 5.60 Å². The Morgan fingerprint density at radius 3 is 2.45 bits per heavy atom. The Balaban J connectivity index is 2.25. The van der Waals surface area contributed by atoms with Crippen molar-refractivity contribution in [1.29, 1.82) is 0 Å². The molecule has 0 bridgehead atoms. The molecule has 0 unspecified atom stereocenters. The first kappa shape index (κ1) is 22.6. The van der Waals surface area contributed by atoms with E-state index in [0.717, 1.165) is 0 Å². The van der Waals surface area contributed by atoms with Crippen molar-refractivity contribution in [3.05, 3.63) is 41.0 Å². The van der Waals surface area contributed by atoms with Crippen molar-refractivity contribution in [3.63, 3.8) is 0 Å². The molecule has 2 rings (SSSR count). The van der Waals surface area contributed by atoms with E-state index in [1.165, 1.54) is 6.92 Å². The van der Waals surface area contributed by atoms with Gasteiger partial charge in [-0.1, -0.05) is 32.1 Å². The summed E-state index contributed by atoms with van der Waals surface area (Å²) in [5.41, 5.74) is 0.900. The summed E-state index contributed by atoms with van der Waals surface area (Å²) < 4.78 is 21.5. The fourth-order valence-electron chi connectivity index (χ4n) is 2.59. The average Bonchev–Trinajstić information content (AvgIpc) is 3.44. The molecule has 1 atom stereocenters. The number of carbonyl (C=O) groups is 3. The van der Waals surface area contributed by atoms with Crippen LogP contribution in [0.1, 0.15) is 52.2 Å². The van der Waals surface area contributed by atoms with E-state index in [-0.39, 0.29) is 25.1 Å². The predicted molar refractivity (Wildman–Crippen MR) is 105 cm³/mol. The van der Waals surface area contributed by atoms with Crippen molar-refractivity contribution in [2.24, 2.45) is 5.92 Å². The summed E-state index contributed by atoms with van der Waals surface area (Å²) in [6.45, 7) is 9.03. The molecule has 1 fully saturated rings. The number of esters is 3. The van der Waals surface area contributed by atoms with Gasteiger partial charge in [-0.25, -0.2) is 4.79 Å². The van der Waals surface area contributed by atoms with Gasteiger partial charge >= 0.3 is 17.9 Å². The number of rotatable bonds is 9. The highest BCUT2D eigenvalue weighted by Crippen LogP contribution is 2.44. The summed E-state index contributed by atoms with van der Waals surface area (Å²) in [7, 11) is 0. The van der Waals surface area contributed by atoms with E-state index in [9.17, 15) is 14.4 Å². The molecule has 1 aliphatic rings. The van der Waals surface area contributed by atoms with Crippen molar-refractivity contribution in [2.75, 3.05) is 13.2 Å². The molecule has 29 heavy (non-hydrogen) atoms. The standard InChI is InChI=1S/C22H28O7/c1-6-15(4)21(25)29-19-10-17(11-26-20(24)9-14(2)3)7-8-18(19)22(13-28-22)12-27-16(5)23/h6-8,10,14H,9,11-13H2,1-5H3/t22-/m0/s1. The van der Waals surface area contributed by atoms with Crippen LogP contribution in [0, 0.1) is 5.92 Å². The minimum Gasteiger partial charge on any atom is -0.462 e. The molecule has 0 amide bonds. The number of hydrogen-bond acceptors (Lipinski definition) is 7. The molecule has 1 aliphatic heterocycles. The Morgan fingerprint density at radius 1 is 1.21 bits per heavy atom. The van der Waals surface area contributed by atoms with Gasteiger partial charge in [0.2, 0.25) is 0 Å². The Morgan fingerprint density at radius 2 is 1.90 bits per heavy atom. The first-order chi connectivity index (χ1) is 13.7. The maximum Gasteiger partial charge on any atom is 0.338 e. The van der Waals surface area contributed by atoms with Crippen LogP contribution in [0.3, 0.4) is 0 Å². The van der Waals surface area contributed by atoms with E-state index in [2.05, 4.69) is 0 Å². The molecule has 1 aromatic rings. The normalized spacial score (nSPS) is 18.3. The average molecular weight is 404 g/mol. The molecule has 1 saturated heterocycles. The molecule has 0 aromatic heterocycles. The van der Waals surface area contributed by atoms with Gasteiger partial charge < -0.3 is 18.9 Å². The van der Waals surface area contributed by atoms with Crippen LogP contribution in [0.15, 0.2) is 29.8 Å². The van der Waals surface area contributed by atoms with Crippen LogP contribution >= 0.6 is 0 Å². The summed E-state index contributed by atoms with van der Waals surface area (Å²) in [5.74, 6) is -0.705. The zero-order valence-electron chi connectivity index (χ0n) is 17.6. The lowest BCUT2D eigenvalue weighted by Gasteiger charge is -2.18. The molecule has 0 spiro atoms. The third-order valence-electron chi connectivity index (χ3n) is 4.47. The van der Waals surface area contributed by atoms with Gasteiger partial charge in [0.1, 0.15) is 19.0 Å². The topological polar surface area (TPSA) is 91.4 Å². The molecule has 7 heteroatoms. The number of ether oxygens (including phenoxy) is 4. The van der Waals surface area contributed by atoms with Gasteiger partial charge in [0.05, 0.1) is 6.61 Å². The second-order valence-electron chi connectivity index (χ2n) is 7.51. The molecule has 0 saturated carbocycles. The SMILES string of the molecule is CC=C(C)C(=O)Oc1cc(COC(=O)CC(C)C)ccc1[C@]1(COC(C)=O)CO1. The van der Waals surface area contributed by atoms with Crippen LogP contribution < -0.4 is 4.74 Å². The van der Waals surface area contributed by atoms with E-state index in [4.69, 9.17) is 18.9 Å². The van der Waals surface area contributed by atoms with Crippen LogP contribution in [0.2, 0.25) is 0 Å². The van der Waals surface area contributed by atoms with E-state index >= 15 is 0 Å². The fourth-order valence-corrected chi connectivity index (χ4v) is 2.59. The molecule has 7 nitrogen and oxygen atoms in total. The van der Waals surface area contributed by atoms with Gasteiger partial charge in [0, 0.05) is 24.5 Å². The predicted octanol–water partition coefficient (Wildman–Crippen LogP) is 3.44. The summed E-state index contributed by atoms with van der Waals surface area (Å²) >= 11 is 0. The lowest BCUT2D eigenvalue weighted by molar-refractivity contribution is -0.146. The maximum atomic E-state index is 12.3. The zero-order chi connectivity index (χ0) is 21.6. The highest BCUT2D eigenvalue weighted by molar-refractivity contribution is 5.89. The third-order valence-corrected chi connectivity index (χ3v) is 4.47. The van der Waals surface area contributed by atoms with Crippen LogP contribution in [0.4, 0.5) is 0 Å². The lowest BCUT2D eigenvalue weighted by atomic mass is 9.98. The Bertz CT molecular complexity index is 803. The van der Waals surface area contributed by atoms with Gasteiger partial charge in [-0.2, -0.15) is 0 Å². The quantitative estimate of drug-likeness (QED) is 0.269.